The minimum atomic E-state index is -4.75. The van der Waals surface area contributed by atoms with Gasteiger partial charge in [-0.15, -0.1) is 13.2 Å². The minimum absolute atomic E-state index is 0.149. The van der Waals surface area contributed by atoms with Gasteiger partial charge in [0.25, 0.3) is 0 Å². The zero-order valence-electron chi connectivity index (χ0n) is 10.3. The molecule has 2 rings (SSSR count). The van der Waals surface area contributed by atoms with Gasteiger partial charge in [-0.3, -0.25) is 0 Å². The first kappa shape index (κ1) is 15.8. The third kappa shape index (κ3) is 4.18. The summed E-state index contributed by atoms with van der Waals surface area (Å²) >= 11 is 9.03. The predicted octanol–water partition coefficient (Wildman–Crippen LogP) is 5.33. The van der Waals surface area contributed by atoms with E-state index in [9.17, 15) is 13.2 Å². The highest BCUT2D eigenvalue weighted by atomic mass is 79.9. The molecule has 0 radical (unpaired) electrons. The van der Waals surface area contributed by atoms with Crippen molar-refractivity contribution < 1.29 is 17.9 Å². The van der Waals surface area contributed by atoms with E-state index in [0.29, 0.717) is 22.1 Å². The summed E-state index contributed by atoms with van der Waals surface area (Å²) in [5.74, 6) is -0.333. The number of ether oxygens (including phenoxy) is 1. The zero-order valence-corrected chi connectivity index (χ0v) is 12.7. The van der Waals surface area contributed by atoms with Crippen molar-refractivity contribution in [3.63, 3.8) is 0 Å². The fraction of sp³-hybridized carbons (Fsp3) is 0.0769. The lowest BCUT2D eigenvalue weighted by atomic mass is 10.2. The third-order valence-electron chi connectivity index (χ3n) is 2.47. The molecule has 0 amide bonds. The molecule has 0 saturated heterocycles. The molecule has 0 spiro atoms. The van der Waals surface area contributed by atoms with Crippen LogP contribution in [-0.4, -0.2) is 6.36 Å². The number of rotatable bonds is 3. The van der Waals surface area contributed by atoms with Crippen molar-refractivity contribution in [3.05, 3.63) is 45.9 Å². The third-order valence-corrected chi connectivity index (χ3v) is 3.41. The van der Waals surface area contributed by atoms with Gasteiger partial charge in [0.1, 0.15) is 5.75 Å². The lowest BCUT2D eigenvalue weighted by Crippen LogP contribution is -2.17. The second-order valence-corrected chi connectivity index (χ2v) is 5.28. The Morgan fingerprint density at radius 2 is 1.90 bits per heavy atom. The van der Waals surface area contributed by atoms with E-state index >= 15 is 0 Å². The maximum absolute atomic E-state index is 12.2. The van der Waals surface area contributed by atoms with Gasteiger partial charge in [0.2, 0.25) is 0 Å². The molecule has 112 valence electrons. The van der Waals surface area contributed by atoms with Gasteiger partial charge in [-0.25, -0.2) is 0 Å². The fourth-order valence-electron chi connectivity index (χ4n) is 1.60. The molecular weight excluding hydrogens is 373 g/mol. The van der Waals surface area contributed by atoms with E-state index < -0.39 is 6.36 Å². The molecule has 3 N–H and O–H groups in total. The number of benzene rings is 2. The van der Waals surface area contributed by atoms with Crippen LogP contribution in [0, 0.1) is 0 Å². The van der Waals surface area contributed by atoms with Gasteiger partial charge in [-0.2, -0.15) is 0 Å². The molecule has 0 aliphatic carbocycles. The summed E-state index contributed by atoms with van der Waals surface area (Å²) in [6.07, 6.45) is -4.75. The van der Waals surface area contributed by atoms with Gasteiger partial charge < -0.3 is 15.8 Å². The van der Waals surface area contributed by atoms with E-state index in [1.54, 1.807) is 18.2 Å². The molecule has 2 aromatic rings. The lowest BCUT2D eigenvalue weighted by Gasteiger charge is -2.14. The first-order valence-corrected chi connectivity index (χ1v) is 6.79. The molecule has 0 aliphatic heterocycles. The van der Waals surface area contributed by atoms with Crippen molar-refractivity contribution in [2.24, 2.45) is 0 Å². The maximum Gasteiger partial charge on any atom is 0.573 e. The zero-order chi connectivity index (χ0) is 15.6. The first-order valence-electron chi connectivity index (χ1n) is 5.62. The van der Waals surface area contributed by atoms with Crippen LogP contribution in [0.5, 0.6) is 5.75 Å². The maximum atomic E-state index is 12.2. The Morgan fingerprint density at radius 3 is 2.48 bits per heavy atom. The van der Waals surface area contributed by atoms with Crippen molar-refractivity contribution >= 4 is 44.6 Å². The summed E-state index contributed by atoms with van der Waals surface area (Å²) in [6, 6.07) is 9.05. The van der Waals surface area contributed by atoms with Crippen LogP contribution in [0.15, 0.2) is 40.9 Å². The Labute approximate surface area is 132 Å². The van der Waals surface area contributed by atoms with Crippen molar-refractivity contribution in [2.75, 3.05) is 11.1 Å². The quantitative estimate of drug-likeness (QED) is 0.707. The van der Waals surface area contributed by atoms with E-state index in [0.717, 1.165) is 0 Å². The van der Waals surface area contributed by atoms with Gasteiger partial charge >= 0.3 is 6.36 Å². The van der Waals surface area contributed by atoms with Gasteiger partial charge in [-0.1, -0.05) is 17.7 Å². The molecular formula is C13H9BrClF3N2O. The van der Waals surface area contributed by atoms with Gasteiger partial charge in [0, 0.05) is 5.69 Å². The number of nitrogen functional groups attached to an aromatic ring is 1. The largest absolute Gasteiger partial charge is 0.573 e. The highest BCUT2D eigenvalue weighted by Gasteiger charge is 2.31. The Morgan fingerprint density at radius 1 is 1.19 bits per heavy atom. The predicted molar refractivity (Wildman–Crippen MR) is 80.0 cm³/mol. The number of hydrogen-bond donors (Lipinski definition) is 2. The number of halogens is 5. The monoisotopic (exact) mass is 380 g/mol. The summed E-state index contributed by atoms with van der Waals surface area (Å²) in [4.78, 5) is 0. The minimum Gasteiger partial charge on any atom is -0.405 e. The highest BCUT2D eigenvalue weighted by Crippen LogP contribution is 2.35. The molecule has 0 aromatic heterocycles. The molecule has 2 aromatic carbocycles. The SMILES string of the molecule is Nc1cccc(Cl)c1Nc1ccc(OC(F)(F)F)c(Br)c1. The standard InChI is InChI=1S/C13H9BrClF3N2O/c14-8-6-7(4-5-11(8)21-13(16,17)18)20-12-9(15)2-1-3-10(12)19/h1-6,20H,19H2. The molecule has 0 aliphatic rings. The average molecular weight is 382 g/mol. The Balaban J connectivity index is 2.25. The van der Waals surface area contributed by atoms with Crippen LogP contribution < -0.4 is 15.8 Å². The second kappa shape index (κ2) is 6.03. The van der Waals surface area contributed by atoms with Crippen LogP contribution in [0.1, 0.15) is 0 Å². The molecule has 0 unspecified atom stereocenters. The van der Waals surface area contributed by atoms with Crippen LogP contribution in [-0.2, 0) is 0 Å². The Bertz CT molecular complexity index is 644. The van der Waals surface area contributed by atoms with Gasteiger partial charge in [0.15, 0.2) is 0 Å². The normalized spacial score (nSPS) is 11.3. The fourth-order valence-corrected chi connectivity index (χ4v) is 2.29. The van der Waals surface area contributed by atoms with Crippen LogP contribution in [0.4, 0.5) is 30.2 Å². The van der Waals surface area contributed by atoms with E-state index in [4.69, 9.17) is 17.3 Å². The van der Waals surface area contributed by atoms with E-state index in [-0.39, 0.29) is 10.2 Å². The van der Waals surface area contributed by atoms with Gasteiger partial charge in [-0.05, 0) is 46.3 Å². The molecule has 0 fully saturated rings. The molecule has 8 heteroatoms. The Hall–Kier alpha value is -1.60. The van der Waals surface area contributed by atoms with E-state index in [2.05, 4.69) is 26.0 Å². The van der Waals surface area contributed by atoms with Crippen LogP contribution in [0.3, 0.4) is 0 Å². The highest BCUT2D eigenvalue weighted by molar-refractivity contribution is 9.10. The van der Waals surface area contributed by atoms with Crippen molar-refractivity contribution in [1.29, 1.82) is 0 Å². The molecule has 0 atom stereocenters. The van der Waals surface area contributed by atoms with Crippen LogP contribution >= 0.6 is 27.5 Å². The van der Waals surface area contributed by atoms with Crippen molar-refractivity contribution in [3.8, 4) is 5.75 Å². The number of alkyl halides is 3. The average Bonchev–Trinajstić information content (AvgIpc) is 2.36. The molecule has 3 nitrogen and oxygen atoms in total. The smallest absolute Gasteiger partial charge is 0.405 e. The van der Waals surface area contributed by atoms with Gasteiger partial charge in [0.05, 0.1) is 20.9 Å². The summed E-state index contributed by atoms with van der Waals surface area (Å²) < 4.78 is 40.6. The topological polar surface area (TPSA) is 47.3 Å². The van der Waals surface area contributed by atoms with Crippen molar-refractivity contribution in [1.82, 2.24) is 0 Å². The van der Waals surface area contributed by atoms with Crippen LogP contribution in [0.2, 0.25) is 5.02 Å². The summed E-state index contributed by atoms with van der Waals surface area (Å²) in [7, 11) is 0. The van der Waals surface area contributed by atoms with Crippen molar-refractivity contribution in [2.45, 2.75) is 6.36 Å². The second-order valence-electron chi connectivity index (χ2n) is 4.02. The number of para-hydroxylation sites is 1. The first-order chi connectivity index (χ1) is 9.76. The number of nitrogens with two attached hydrogens (primary N) is 1. The number of anilines is 3. The molecule has 0 heterocycles. The summed E-state index contributed by atoms with van der Waals surface area (Å²) in [5.41, 5.74) is 7.21. The van der Waals surface area contributed by atoms with E-state index in [1.807, 2.05) is 0 Å². The summed E-state index contributed by atoms with van der Waals surface area (Å²) in [5, 5.41) is 3.35. The molecule has 0 saturated carbocycles. The number of hydrogen-bond acceptors (Lipinski definition) is 3. The molecule has 21 heavy (non-hydrogen) atoms. The Kier molecular flexibility index (Phi) is 4.53. The number of nitrogens with one attached hydrogen (secondary N) is 1. The summed E-state index contributed by atoms with van der Waals surface area (Å²) in [6.45, 7) is 0. The molecule has 0 bridgehead atoms. The van der Waals surface area contributed by atoms with Crippen LogP contribution in [0.25, 0.3) is 0 Å². The van der Waals surface area contributed by atoms with E-state index in [1.165, 1.54) is 18.2 Å². The lowest BCUT2D eigenvalue weighted by molar-refractivity contribution is -0.274.